The van der Waals surface area contributed by atoms with Crippen LogP contribution in [0.25, 0.3) is 93.8 Å². The standard InChI is InChI=1S/C49H45B13N2/c50-36-31(37(51)43(57)48(62)42(36)56)25-9-5-8-24(18-25)30-34-32(38(52)44(58)46(60)40(34)54)29(33-35(30)41(55)47(61)45(59)39(33)53)21-12-14-22(15-13-21)49-63-27-10-3-4-11-28(27)64(49)26-17-16-20-6-1-2-7-23(20)19-26/h1-19H,50-62H2. The first-order chi connectivity index (χ1) is 30.7. The number of aromatic nitrogens is 2. The van der Waals surface area contributed by atoms with Gasteiger partial charge in [0.25, 0.3) is 0 Å². The smallest absolute Gasteiger partial charge is 0.145 e. The van der Waals surface area contributed by atoms with Crippen molar-refractivity contribution >= 4 is 216 Å². The molecule has 0 aliphatic rings. The number of hydrogen-bond acceptors (Lipinski definition) is 1. The van der Waals surface area contributed by atoms with E-state index in [1.165, 1.54) is 137 Å². The van der Waals surface area contributed by atoms with Crippen LogP contribution in [0.3, 0.4) is 0 Å². The highest BCUT2D eigenvalue weighted by Crippen LogP contribution is 2.42. The molecule has 0 amide bonds. The zero-order valence-electron chi connectivity index (χ0n) is 39.9. The van der Waals surface area contributed by atoms with E-state index in [1.54, 1.807) is 0 Å². The molecule has 0 spiro atoms. The molecule has 0 radical (unpaired) electrons. The maximum absolute atomic E-state index is 5.30. The summed E-state index contributed by atoms with van der Waals surface area (Å²) in [7, 11) is 30.2. The number of para-hydroxylation sites is 2. The highest BCUT2D eigenvalue weighted by Gasteiger charge is 2.26. The number of rotatable bonds is 5. The summed E-state index contributed by atoms with van der Waals surface area (Å²) in [6.45, 7) is 0. The van der Waals surface area contributed by atoms with Crippen molar-refractivity contribution in [2.75, 3.05) is 0 Å². The number of hydrogen-bond donors (Lipinski definition) is 0. The van der Waals surface area contributed by atoms with E-state index in [1.807, 2.05) is 0 Å². The topological polar surface area (TPSA) is 17.8 Å². The number of benzene rings is 9. The van der Waals surface area contributed by atoms with Crippen LogP contribution in [0.2, 0.25) is 0 Å². The molecule has 9 aromatic carbocycles. The van der Waals surface area contributed by atoms with Gasteiger partial charge in [0.2, 0.25) is 0 Å². The Bertz CT molecular complexity index is 3550. The van der Waals surface area contributed by atoms with Crippen LogP contribution in [0.15, 0.2) is 115 Å². The fraction of sp³-hybridized carbons (Fsp3) is 0. The lowest BCUT2D eigenvalue weighted by molar-refractivity contribution is 1.11. The molecule has 0 N–H and O–H groups in total. The van der Waals surface area contributed by atoms with Gasteiger partial charge in [0.15, 0.2) is 0 Å². The highest BCUT2D eigenvalue weighted by atomic mass is 15.1. The lowest BCUT2D eigenvalue weighted by atomic mass is 9.59. The Labute approximate surface area is 389 Å². The van der Waals surface area contributed by atoms with Gasteiger partial charge in [-0.1, -0.05) is 118 Å². The van der Waals surface area contributed by atoms with Crippen molar-refractivity contribution in [1.29, 1.82) is 0 Å². The van der Waals surface area contributed by atoms with Crippen molar-refractivity contribution in [1.82, 2.24) is 9.55 Å². The van der Waals surface area contributed by atoms with Gasteiger partial charge in [-0.05, 0) is 96.0 Å². The van der Waals surface area contributed by atoms with Crippen molar-refractivity contribution in [3.8, 4) is 50.5 Å². The van der Waals surface area contributed by atoms with Gasteiger partial charge >= 0.3 is 0 Å². The summed E-state index contributed by atoms with van der Waals surface area (Å²) in [5.41, 5.74) is 29.9. The van der Waals surface area contributed by atoms with Gasteiger partial charge < -0.3 is 0 Å². The Morgan fingerprint density at radius 3 is 1.31 bits per heavy atom. The molecule has 0 aliphatic carbocycles. The summed E-state index contributed by atoms with van der Waals surface area (Å²) in [6, 6.07) is 42.6. The van der Waals surface area contributed by atoms with Crippen molar-refractivity contribution < 1.29 is 0 Å². The first-order valence-corrected chi connectivity index (χ1v) is 22.9. The van der Waals surface area contributed by atoms with Gasteiger partial charge in [0.05, 0.1) is 11.0 Å². The molecule has 0 aliphatic heterocycles. The van der Waals surface area contributed by atoms with Crippen LogP contribution in [-0.4, -0.2) is 112 Å². The third kappa shape index (κ3) is 6.24. The van der Waals surface area contributed by atoms with Gasteiger partial charge in [-0.15, -0.1) is 38.2 Å². The van der Waals surface area contributed by atoms with Crippen LogP contribution >= 0.6 is 0 Å². The van der Waals surface area contributed by atoms with E-state index in [2.05, 4.69) is 222 Å². The van der Waals surface area contributed by atoms with E-state index in [9.17, 15) is 0 Å². The predicted octanol–water partition coefficient (Wildman–Crippen LogP) is -9.49. The number of fused-ring (bicyclic) bond motifs is 4. The van der Waals surface area contributed by atoms with Crippen LogP contribution in [-0.2, 0) is 0 Å². The SMILES string of the molecule is Bc1c(B)c(B)c(-c2cccc(-c3c4c(B)c(B)c(B)c(B)c4c(-c4ccc(-c5nc6ccccc6n5-c5ccc6ccccc6c5)cc4)c4c(B)c(B)c(B)c(B)c34)c2)c(B)c1B. The number of nitrogens with zero attached hydrogens (tertiary/aromatic N) is 2. The minimum absolute atomic E-state index is 0.939. The van der Waals surface area contributed by atoms with Crippen molar-refractivity contribution in [2.24, 2.45) is 0 Å². The molecule has 2 nitrogen and oxygen atoms in total. The molecule has 0 atom stereocenters. The fourth-order valence-corrected chi connectivity index (χ4v) is 11.0. The third-order valence-electron chi connectivity index (χ3n) is 15.8. The van der Waals surface area contributed by atoms with Crippen molar-refractivity contribution in [3.63, 3.8) is 0 Å². The Hall–Kier alpha value is -5.93. The first-order valence-electron chi connectivity index (χ1n) is 22.9. The molecule has 0 unspecified atom stereocenters. The zero-order valence-corrected chi connectivity index (χ0v) is 39.9. The summed E-state index contributed by atoms with van der Waals surface area (Å²) in [5, 5.41) is 7.87. The van der Waals surface area contributed by atoms with Crippen molar-refractivity contribution in [3.05, 3.63) is 115 Å². The van der Waals surface area contributed by atoms with Gasteiger partial charge in [0.1, 0.15) is 108 Å². The predicted molar refractivity (Wildman–Crippen MR) is 322 cm³/mol. The van der Waals surface area contributed by atoms with E-state index in [0.717, 1.165) is 28.1 Å². The molecule has 290 valence electrons. The molecule has 1 heterocycles. The largest absolute Gasteiger partial charge is 0.292 e. The van der Waals surface area contributed by atoms with E-state index in [0.29, 0.717) is 0 Å². The van der Waals surface area contributed by atoms with Crippen LogP contribution in [0.5, 0.6) is 0 Å². The maximum atomic E-state index is 5.30. The Balaban J connectivity index is 1.27. The molecule has 15 heteroatoms. The molecule has 0 saturated heterocycles. The Morgan fingerprint density at radius 2 is 0.750 bits per heavy atom. The van der Waals surface area contributed by atoms with E-state index < -0.39 is 0 Å². The fourth-order valence-electron chi connectivity index (χ4n) is 11.0. The summed E-state index contributed by atoms with van der Waals surface area (Å²) < 4.78 is 2.33. The summed E-state index contributed by atoms with van der Waals surface area (Å²) >= 11 is 0. The van der Waals surface area contributed by atoms with Gasteiger partial charge in [-0.25, -0.2) is 4.98 Å². The van der Waals surface area contributed by atoms with Gasteiger partial charge in [-0.2, -0.15) is 0 Å². The summed E-state index contributed by atoms with van der Waals surface area (Å²) in [4.78, 5) is 5.30. The summed E-state index contributed by atoms with van der Waals surface area (Å²) in [5.74, 6) is 0.939. The van der Waals surface area contributed by atoms with E-state index in [-0.39, 0.29) is 0 Å². The van der Waals surface area contributed by atoms with Gasteiger partial charge in [0, 0.05) is 11.3 Å². The molecular weight excluding hydrogens is 757 g/mol. The van der Waals surface area contributed by atoms with E-state index >= 15 is 0 Å². The van der Waals surface area contributed by atoms with Crippen LogP contribution in [0.4, 0.5) is 0 Å². The quantitative estimate of drug-likeness (QED) is 0.125. The zero-order chi connectivity index (χ0) is 45.0. The molecule has 0 bridgehead atoms. The lowest BCUT2D eigenvalue weighted by Crippen LogP contribution is -2.55. The molecule has 10 rings (SSSR count). The molecule has 10 aromatic rings. The minimum Gasteiger partial charge on any atom is -0.292 e. The molecule has 0 fully saturated rings. The minimum atomic E-state index is 0.939. The first kappa shape index (κ1) is 42.0. The molecular formula is C49H45B13N2. The van der Waals surface area contributed by atoms with Crippen LogP contribution < -0.4 is 71.0 Å². The second-order valence-corrected chi connectivity index (χ2v) is 18.7. The average molecular weight is 802 g/mol. The second-order valence-electron chi connectivity index (χ2n) is 18.7. The average Bonchev–Trinajstić information content (AvgIpc) is 3.71. The maximum Gasteiger partial charge on any atom is 0.145 e. The lowest BCUT2D eigenvalue weighted by Gasteiger charge is -2.28. The molecule has 64 heavy (non-hydrogen) atoms. The Kier molecular flexibility index (Phi) is 10.3. The molecule has 0 saturated carbocycles. The van der Waals surface area contributed by atoms with Crippen LogP contribution in [0, 0.1) is 0 Å². The summed E-state index contributed by atoms with van der Waals surface area (Å²) in [6.07, 6.45) is 0. The van der Waals surface area contributed by atoms with E-state index in [4.69, 9.17) is 4.98 Å². The van der Waals surface area contributed by atoms with Crippen molar-refractivity contribution in [2.45, 2.75) is 0 Å². The third-order valence-corrected chi connectivity index (χ3v) is 15.8. The van der Waals surface area contributed by atoms with Gasteiger partial charge in [-0.3, -0.25) is 4.57 Å². The monoisotopic (exact) mass is 804 g/mol. The Morgan fingerprint density at radius 1 is 0.312 bits per heavy atom. The number of imidazole rings is 1. The van der Waals surface area contributed by atoms with Crippen LogP contribution in [0.1, 0.15) is 0 Å². The molecule has 1 aromatic heterocycles. The normalized spacial score (nSPS) is 11.6. The highest BCUT2D eigenvalue weighted by molar-refractivity contribution is 6.72. The second kappa shape index (κ2) is 15.7.